The number of nitrogens with two attached hydrogens (primary N) is 1. The van der Waals surface area contributed by atoms with Crippen molar-refractivity contribution >= 4 is 23.8 Å². The van der Waals surface area contributed by atoms with Gasteiger partial charge in [-0.3, -0.25) is 24.5 Å². The van der Waals surface area contributed by atoms with Gasteiger partial charge in [0.15, 0.2) is 0 Å². The average Bonchev–Trinajstić information content (AvgIpc) is 2.20. The number of hydrogen-bond acceptors (Lipinski definition) is 5. The first-order valence-electron chi connectivity index (χ1n) is 4.95. The first kappa shape index (κ1) is 15.8. The van der Waals surface area contributed by atoms with E-state index in [1.54, 1.807) is 0 Å². The van der Waals surface area contributed by atoms with Crippen molar-refractivity contribution in [3.63, 3.8) is 0 Å². The van der Waals surface area contributed by atoms with E-state index in [2.05, 4.69) is 5.32 Å². The van der Waals surface area contributed by atoms with Crippen LogP contribution >= 0.6 is 0 Å². The summed E-state index contributed by atoms with van der Waals surface area (Å²) in [7, 11) is 0. The minimum Gasteiger partial charge on any atom is -0.481 e. The molecule has 102 valence electrons. The second-order valence-electron chi connectivity index (χ2n) is 3.55. The molecule has 0 aromatic rings. The highest BCUT2D eigenvalue weighted by molar-refractivity contribution is 5.84. The number of carboxylic acids is 3. The number of carboxylic acid groups (broad SMARTS) is 3. The molecule has 6 N–H and O–H groups in total. The largest absolute Gasteiger partial charge is 0.481 e. The fourth-order valence-electron chi connectivity index (χ4n) is 1.21. The van der Waals surface area contributed by atoms with Crippen molar-refractivity contribution in [3.8, 4) is 0 Å². The van der Waals surface area contributed by atoms with E-state index >= 15 is 0 Å². The van der Waals surface area contributed by atoms with Crippen molar-refractivity contribution < 1.29 is 34.5 Å². The zero-order valence-electron chi connectivity index (χ0n) is 9.33. The number of hydrogen-bond donors (Lipinski definition) is 5. The maximum absolute atomic E-state index is 10.8. The summed E-state index contributed by atoms with van der Waals surface area (Å²) in [5, 5.41) is 28.1. The van der Waals surface area contributed by atoms with Gasteiger partial charge in [0.1, 0.15) is 12.1 Å². The summed E-state index contributed by atoms with van der Waals surface area (Å²) >= 11 is 0. The highest BCUT2D eigenvalue weighted by Crippen LogP contribution is 2.02. The van der Waals surface area contributed by atoms with Crippen LogP contribution in [0.1, 0.15) is 19.3 Å². The summed E-state index contributed by atoms with van der Waals surface area (Å²) in [6.07, 6.45) is -1.31. The number of rotatable bonds is 9. The molecular weight excluding hydrogens is 248 g/mol. The Morgan fingerprint density at radius 1 is 1.00 bits per heavy atom. The molecule has 0 aromatic heterocycles. The smallest absolute Gasteiger partial charge is 0.321 e. The van der Waals surface area contributed by atoms with Gasteiger partial charge >= 0.3 is 17.9 Å². The van der Waals surface area contributed by atoms with Gasteiger partial charge in [0, 0.05) is 6.42 Å². The summed E-state index contributed by atoms with van der Waals surface area (Å²) in [5.74, 6) is -4.94. The third-order valence-electron chi connectivity index (χ3n) is 2.05. The van der Waals surface area contributed by atoms with E-state index in [1.807, 2.05) is 0 Å². The summed E-state index contributed by atoms with van der Waals surface area (Å²) in [4.78, 5) is 42.5. The van der Waals surface area contributed by atoms with Crippen LogP contribution in [0.5, 0.6) is 0 Å². The SMILES string of the molecule is NC(=O)CC(N[C@H](CCC(=O)O)C(=O)O)C(=O)O. The summed E-state index contributed by atoms with van der Waals surface area (Å²) in [6, 6.07) is -2.83. The van der Waals surface area contributed by atoms with Crippen LogP contribution in [0.4, 0.5) is 0 Å². The molecule has 0 rings (SSSR count). The van der Waals surface area contributed by atoms with Crippen LogP contribution in [0.15, 0.2) is 0 Å². The van der Waals surface area contributed by atoms with Crippen molar-refractivity contribution in [3.05, 3.63) is 0 Å². The van der Waals surface area contributed by atoms with E-state index in [9.17, 15) is 19.2 Å². The Kier molecular flexibility index (Phi) is 6.35. The van der Waals surface area contributed by atoms with E-state index in [4.69, 9.17) is 21.1 Å². The van der Waals surface area contributed by atoms with Gasteiger partial charge in [-0.15, -0.1) is 0 Å². The van der Waals surface area contributed by atoms with Crippen molar-refractivity contribution in [2.24, 2.45) is 5.73 Å². The third kappa shape index (κ3) is 6.43. The van der Waals surface area contributed by atoms with Crippen molar-refractivity contribution in [1.29, 1.82) is 0 Å². The fraction of sp³-hybridized carbons (Fsp3) is 0.556. The van der Waals surface area contributed by atoms with Crippen LogP contribution in [0.2, 0.25) is 0 Å². The zero-order valence-corrected chi connectivity index (χ0v) is 9.33. The molecular formula is C9H14N2O7. The topological polar surface area (TPSA) is 167 Å². The lowest BCUT2D eigenvalue weighted by Crippen LogP contribution is -2.48. The molecule has 1 unspecified atom stereocenters. The van der Waals surface area contributed by atoms with Crippen LogP contribution in [0, 0.1) is 0 Å². The molecule has 0 aliphatic carbocycles. The fourth-order valence-corrected chi connectivity index (χ4v) is 1.21. The average molecular weight is 262 g/mol. The van der Waals surface area contributed by atoms with Gasteiger partial charge in [-0.25, -0.2) is 0 Å². The van der Waals surface area contributed by atoms with Gasteiger partial charge in [-0.05, 0) is 6.42 Å². The van der Waals surface area contributed by atoms with Gasteiger partial charge in [-0.2, -0.15) is 0 Å². The molecule has 0 aliphatic heterocycles. The van der Waals surface area contributed by atoms with E-state index in [1.165, 1.54) is 0 Å². The molecule has 0 saturated heterocycles. The van der Waals surface area contributed by atoms with Gasteiger partial charge < -0.3 is 21.1 Å². The molecule has 0 saturated carbocycles. The van der Waals surface area contributed by atoms with E-state index in [0.717, 1.165) is 0 Å². The minimum absolute atomic E-state index is 0.298. The number of primary amides is 1. The second-order valence-corrected chi connectivity index (χ2v) is 3.55. The lowest BCUT2D eigenvalue weighted by atomic mass is 10.1. The van der Waals surface area contributed by atoms with Gasteiger partial charge in [0.05, 0.1) is 6.42 Å². The number of carbonyl (C=O) groups is 4. The predicted octanol–water partition coefficient (Wildman–Crippen LogP) is -1.78. The highest BCUT2D eigenvalue weighted by atomic mass is 16.4. The molecule has 0 fully saturated rings. The molecule has 0 radical (unpaired) electrons. The Labute approximate surface area is 102 Å². The van der Waals surface area contributed by atoms with E-state index < -0.39 is 48.7 Å². The first-order chi connectivity index (χ1) is 8.23. The van der Waals surface area contributed by atoms with E-state index in [0.29, 0.717) is 0 Å². The molecule has 0 spiro atoms. The molecule has 0 heterocycles. The molecule has 9 heteroatoms. The van der Waals surface area contributed by atoms with Crippen molar-refractivity contribution in [1.82, 2.24) is 5.32 Å². The monoisotopic (exact) mass is 262 g/mol. The number of nitrogens with one attached hydrogen (secondary N) is 1. The highest BCUT2D eigenvalue weighted by Gasteiger charge is 2.27. The molecule has 0 aliphatic rings. The summed E-state index contributed by atoms with van der Waals surface area (Å²) in [5.41, 5.74) is 4.82. The number of amides is 1. The Bertz CT molecular complexity index is 355. The maximum atomic E-state index is 10.8. The lowest BCUT2D eigenvalue weighted by molar-refractivity contribution is -0.144. The second kappa shape index (κ2) is 7.22. The lowest BCUT2D eigenvalue weighted by Gasteiger charge is -2.18. The Balaban J connectivity index is 4.60. The van der Waals surface area contributed by atoms with Gasteiger partial charge in [0.25, 0.3) is 0 Å². The number of carbonyl (C=O) groups excluding carboxylic acids is 1. The van der Waals surface area contributed by atoms with Crippen molar-refractivity contribution in [2.75, 3.05) is 0 Å². The molecule has 1 amide bonds. The van der Waals surface area contributed by atoms with Crippen LogP contribution in [0.3, 0.4) is 0 Å². The number of aliphatic carboxylic acids is 3. The standard InChI is InChI=1S/C9H14N2O7/c10-6(12)3-5(9(17)18)11-4(8(15)16)1-2-7(13)14/h4-5,11H,1-3H2,(H2,10,12)(H,13,14)(H,15,16)(H,17,18)/t4-,5?/m1/s1. The van der Waals surface area contributed by atoms with Crippen LogP contribution in [0.25, 0.3) is 0 Å². The molecule has 0 bridgehead atoms. The normalized spacial score (nSPS) is 13.6. The van der Waals surface area contributed by atoms with Crippen LogP contribution in [-0.2, 0) is 19.2 Å². The Hall–Kier alpha value is -2.16. The van der Waals surface area contributed by atoms with Crippen LogP contribution in [-0.4, -0.2) is 51.2 Å². The van der Waals surface area contributed by atoms with Crippen molar-refractivity contribution in [2.45, 2.75) is 31.3 Å². The summed E-state index contributed by atoms with van der Waals surface area (Å²) < 4.78 is 0. The van der Waals surface area contributed by atoms with Gasteiger partial charge in [0.2, 0.25) is 5.91 Å². The Morgan fingerprint density at radius 2 is 1.50 bits per heavy atom. The summed E-state index contributed by atoms with van der Waals surface area (Å²) in [6.45, 7) is 0. The Morgan fingerprint density at radius 3 is 1.83 bits per heavy atom. The molecule has 2 atom stereocenters. The zero-order chi connectivity index (χ0) is 14.3. The molecule has 9 nitrogen and oxygen atoms in total. The van der Waals surface area contributed by atoms with Crippen LogP contribution < -0.4 is 11.1 Å². The predicted molar refractivity (Wildman–Crippen MR) is 56.7 cm³/mol. The molecule has 18 heavy (non-hydrogen) atoms. The molecule has 0 aromatic carbocycles. The minimum atomic E-state index is -1.46. The quantitative estimate of drug-likeness (QED) is 0.325. The maximum Gasteiger partial charge on any atom is 0.321 e. The van der Waals surface area contributed by atoms with E-state index in [-0.39, 0.29) is 6.42 Å². The van der Waals surface area contributed by atoms with Gasteiger partial charge in [-0.1, -0.05) is 0 Å². The third-order valence-corrected chi connectivity index (χ3v) is 2.05. The first-order valence-corrected chi connectivity index (χ1v) is 4.95.